The van der Waals surface area contributed by atoms with E-state index in [2.05, 4.69) is 17.0 Å². The largest absolute Gasteiger partial charge is 0.379 e. The molecule has 2 aromatic rings. The highest BCUT2D eigenvalue weighted by molar-refractivity contribution is 5.92. The highest BCUT2D eigenvalue weighted by atomic mass is 16.5. The minimum absolute atomic E-state index is 0.0512. The molecule has 1 saturated heterocycles. The molecule has 1 aromatic carbocycles. The van der Waals surface area contributed by atoms with Gasteiger partial charge in [0, 0.05) is 37.8 Å². The predicted octanol–water partition coefficient (Wildman–Crippen LogP) is 2.35. The van der Waals surface area contributed by atoms with E-state index < -0.39 is 0 Å². The molecule has 0 bridgehead atoms. The molecule has 6 nitrogen and oxygen atoms in total. The second-order valence-corrected chi connectivity index (χ2v) is 6.52. The molecule has 25 heavy (non-hydrogen) atoms. The van der Waals surface area contributed by atoms with Gasteiger partial charge in [-0.05, 0) is 19.4 Å². The van der Waals surface area contributed by atoms with Crippen LogP contribution < -0.4 is 0 Å². The fourth-order valence-electron chi connectivity index (χ4n) is 3.09. The van der Waals surface area contributed by atoms with Gasteiger partial charge in [0.1, 0.15) is 0 Å². The van der Waals surface area contributed by atoms with Gasteiger partial charge in [-0.1, -0.05) is 35.5 Å². The van der Waals surface area contributed by atoms with Crippen LogP contribution in [-0.4, -0.2) is 59.8 Å². The maximum Gasteiger partial charge on any atom is 0.293 e. The van der Waals surface area contributed by atoms with Gasteiger partial charge in [-0.2, -0.15) is 0 Å². The van der Waals surface area contributed by atoms with Crippen LogP contribution in [0.3, 0.4) is 0 Å². The summed E-state index contributed by atoms with van der Waals surface area (Å²) in [5.74, 6) is 0.212. The summed E-state index contributed by atoms with van der Waals surface area (Å²) < 4.78 is 10.6. The molecule has 0 radical (unpaired) electrons. The molecule has 1 aromatic heterocycles. The Bertz CT molecular complexity index is 680. The number of benzene rings is 1. The number of aromatic nitrogens is 1. The third-order valence-corrected chi connectivity index (χ3v) is 4.56. The maximum absolute atomic E-state index is 13.1. The Balaban J connectivity index is 1.77. The molecule has 0 saturated carbocycles. The Hall–Kier alpha value is -2.18. The van der Waals surface area contributed by atoms with Crippen LogP contribution in [0.5, 0.6) is 0 Å². The number of aryl methyl sites for hydroxylation is 1. The monoisotopic (exact) mass is 343 g/mol. The van der Waals surface area contributed by atoms with E-state index in [4.69, 9.17) is 9.26 Å². The SMILES string of the molecule is Cc1cnoc1C(=O)N(Cc1ccccc1)C(C)CN1CCOCC1. The summed E-state index contributed by atoms with van der Waals surface area (Å²) in [5, 5.41) is 3.76. The topological polar surface area (TPSA) is 58.8 Å². The number of ether oxygens (including phenoxy) is 1. The fourth-order valence-corrected chi connectivity index (χ4v) is 3.09. The van der Waals surface area contributed by atoms with Gasteiger partial charge in [-0.15, -0.1) is 0 Å². The first-order valence-electron chi connectivity index (χ1n) is 8.71. The van der Waals surface area contributed by atoms with Gasteiger partial charge in [0.15, 0.2) is 0 Å². The summed E-state index contributed by atoms with van der Waals surface area (Å²) in [7, 11) is 0. The molecule has 6 heteroatoms. The minimum Gasteiger partial charge on any atom is -0.379 e. The van der Waals surface area contributed by atoms with Crippen LogP contribution in [0.15, 0.2) is 41.1 Å². The lowest BCUT2D eigenvalue weighted by molar-refractivity contribution is 0.0220. The molecule has 134 valence electrons. The zero-order chi connectivity index (χ0) is 17.6. The molecule has 1 atom stereocenters. The van der Waals surface area contributed by atoms with Crippen molar-refractivity contribution in [2.24, 2.45) is 0 Å². The first kappa shape index (κ1) is 17.6. The van der Waals surface area contributed by atoms with Gasteiger partial charge >= 0.3 is 0 Å². The lowest BCUT2D eigenvalue weighted by atomic mass is 10.1. The highest BCUT2D eigenvalue weighted by Crippen LogP contribution is 2.17. The van der Waals surface area contributed by atoms with E-state index in [1.54, 1.807) is 6.20 Å². The Morgan fingerprint density at radius 3 is 2.64 bits per heavy atom. The Morgan fingerprint density at radius 1 is 1.28 bits per heavy atom. The third-order valence-electron chi connectivity index (χ3n) is 4.56. The maximum atomic E-state index is 13.1. The standard InChI is InChI=1S/C19H25N3O3/c1-15-12-20-25-18(15)19(23)22(14-17-6-4-3-5-7-17)16(2)13-21-8-10-24-11-9-21/h3-7,12,16H,8-11,13-14H2,1-2H3. The summed E-state index contributed by atoms with van der Waals surface area (Å²) in [5.41, 5.74) is 1.86. The summed E-state index contributed by atoms with van der Waals surface area (Å²) in [6.07, 6.45) is 1.58. The first-order valence-corrected chi connectivity index (χ1v) is 8.71. The zero-order valence-corrected chi connectivity index (χ0v) is 14.9. The van der Waals surface area contributed by atoms with Gasteiger partial charge in [0.2, 0.25) is 5.76 Å². The molecular formula is C19H25N3O3. The van der Waals surface area contributed by atoms with E-state index in [0.29, 0.717) is 12.3 Å². The molecule has 1 aliphatic rings. The average Bonchev–Trinajstić information content (AvgIpc) is 3.07. The predicted molar refractivity (Wildman–Crippen MR) is 94.3 cm³/mol. The Kier molecular flexibility index (Phi) is 5.83. The number of hydrogen-bond acceptors (Lipinski definition) is 5. The smallest absolute Gasteiger partial charge is 0.293 e. The highest BCUT2D eigenvalue weighted by Gasteiger charge is 2.27. The molecular weight excluding hydrogens is 318 g/mol. The number of rotatable bonds is 6. The number of amides is 1. The van der Waals surface area contributed by atoms with Gasteiger partial charge in [0.05, 0.1) is 19.4 Å². The van der Waals surface area contributed by atoms with Gasteiger partial charge in [-0.3, -0.25) is 9.69 Å². The van der Waals surface area contributed by atoms with Crippen molar-refractivity contribution in [3.63, 3.8) is 0 Å². The number of carbonyl (C=O) groups excluding carboxylic acids is 1. The van der Waals surface area contributed by atoms with E-state index in [0.717, 1.165) is 44.0 Å². The number of hydrogen-bond donors (Lipinski definition) is 0. The summed E-state index contributed by atoms with van der Waals surface area (Å²) >= 11 is 0. The van der Waals surface area contributed by atoms with Crippen molar-refractivity contribution >= 4 is 5.91 Å². The van der Waals surface area contributed by atoms with Gasteiger partial charge in [0.25, 0.3) is 5.91 Å². The Labute approximate surface area is 148 Å². The normalized spacial score (nSPS) is 16.6. The lowest BCUT2D eigenvalue weighted by Gasteiger charge is -2.34. The van der Waals surface area contributed by atoms with Crippen molar-refractivity contribution in [3.05, 3.63) is 53.4 Å². The second-order valence-electron chi connectivity index (χ2n) is 6.52. The van der Waals surface area contributed by atoms with Crippen LogP contribution in [0.1, 0.15) is 28.6 Å². The van der Waals surface area contributed by atoms with Crippen LogP contribution in [0, 0.1) is 6.92 Å². The van der Waals surface area contributed by atoms with E-state index >= 15 is 0 Å². The van der Waals surface area contributed by atoms with E-state index in [-0.39, 0.29) is 11.9 Å². The van der Waals surface area contributed by atoms with Gasteiger partial charge in [-0.25, -0.2) is 0 Å². The number of nitrogens with zero attached hydrogens (tertiary/aromatic N) is 3. The molecule has 0 spiro atoms. The Morgan fingerprint density at radius 2 is 2.00 bits per heavy atom. The first-order chi connectivity index (χ1) is 12.1. The molecule has 0 aliphatic carbocycles. The molecule has 1 fully saturated rings. The molecule has 3 rings (SSSR count). The van der Waals surface area contributed by atoms with E-state index in [1.807, 2.05) is 42.2 Å². The van der Waals surface area contributed by atoms with Crippen molar-refractivity contribution in [1.29, 1.82) is 0 Å². The van der Waals surface area contributed by atoms with Crippen molar-refractivity contribution in [2.45, 2.75) is 26.4 Å². The third kappa shape index (κ3) is 4.46. The average molecular weight is 343 g/mol. The van der Waals surface area contributed by atoms with Crippen LogP contribution in [-0.2, 0) is 11.3 Å². The number of carbonyl (C=O) groups is 1. The summed E-state index contributed by atoms with van der Waals surface area (Å²) in [6.45, 7) is 8.60. The molecule has 1 aliphatic heterocycles. The van der Waals surface area contributed by atoms with Crippen LogP contribution in [0.25, 0.3) is 0 Å². The van der Waals surface area contributed by atoms with Crippen molar-refractivity contribution in [3.8, 4) is 0 Å². The quantitative estimate of drug-likeness (QED) is 0.806. The molecule has 0 N–H and O–H groups in total. The van der Waals surface area contributed by atoms with Crippen LogP contribution >= 0.6 is 0 Å². The number of morpholine rings is 1. The second kappa shape index (κ2) is 8.27. The molecule has 1 amide bonds. The summed E-state index contributed by atoms with van der Waals surface area (Å²) in [6, 6.07) is 10.1. The van der Waals surface area contributed by atoms with Gasteiger partial charge < -0.3 is 14.2 Å². The fraction of sp³-hybridized carbons (Fsp3) is 0.474. The van der Waals surface area contributed by atoms with Crippen LogP contribution in [0.4, 0.5) is 0 Å². The zero-order valence-electron chi connectivity index (χ0n) is 14.9. The molecule has 2 heterocycles. The van der Waals surface area contributed by atoms with E-state index in [9.17, 15) is 4.79 Å². The lowest BCUT2D eigenvalue weighted by Crippen LogP contribution is -2.48. The van der Waals surface area contributed by atoms with Crippen molar-refractivity contribution in [1.82, 2.24) is 15.0 Å². The van der Waals surface area contributed by atoms with Crippen molar-refractivity contribution in [2.75, 3.05) is 32.8 Å². The molecule has 1 unspecified atom stereocenters. The van der Waals surface area contributed by atoms with Crippen molar-refractivity contribution < 1.29 is 14.1 Å². The minimum atomic E-state index is -0.111. The van der Waals surface area contributed by atoms with Crippen LogP contribution in [0.2, 0.25) is 0 Å². The summed E-state index contributed by atoms with van der Waals surface area (Å²) in [4.78, 5) is 17.3. The van der Waals surface area contributed by atoms with E-state index in [1.165, 1.54) is 0 Å².